The second kappa shape index (κ2) is 4.77. The topological polar surface area (TPSA) is 68.2 Å². The fourth-order valence-corrected chi connectivity index (χ4v) is 2.63. The molecule has 0 bridgehead atoms. The minimum atomic E-state index is -0.441. The average Bonchev–Trinajstić information content (AvgIpc) is 3.10. The number of fused-ring (bicyclic) bond motifs is 2. The molecule has 4 aromatic rings. The van der Waals surface area contributed by atoms with Crippen molar-refractivity contribution in [3.8, 4) is 11.3 Å². The van der Waals surface area contributed by atoms with Crippen LogP contribution in [-0.4, -0.2) is 26.6 Å². The normalized spacial score (nSPS) is 11.5. The Hall–Kier alpha value is -2.96. The molecule has 0 radical (unpaired) electrons. The van der Waals surface area contributed by atoms with E-state index < -0.39 is 5.82 Å². The molecule has 0 spiro atoms. The Morgan fingerprint density at radius 3 is 2.78 bits per heavy atom. The number of anilines is 1. The van der Waals surface area contributed by atoms with Crippen molar-refractivity contribution in [3.05, 3.63) is 41.5 Å². The Morgan fingerprint density at radius 2 is 2.00 bits per heavy atom. The van der Waals surface area contributed by atoms with Crippen LogP contribution in [0, 0.1) is 19.7 Å². The van der Waals surface area contributed by atoms with E-state index in [0.29, 0.717) is 16.8 Å². The van der Waals surface area contributed by atoms with Crippen LogP contribution in [0.1, 0.15) is 11.3 Å². The zero-order valence-electron chi connectivity index (χ0n) is 12.9. The summed E-state index contributed by atoms with van der Waals surface area (Å²) < 4.78 is 21.5. The second-order valence-corrected chi connectivity index (χ2v) is 5.44. The van der Waals surface area contributed by atoms with Gasteiger partial charge in [-0.25, -0.2) is 13.9 Å². The van der Waals surface area contributed by atoms with Crippen LogP contribution in [0.4, 0.5) is 10.4 Å². The number of benzene rings is 1. The van der Waals surface area contributed by atoms with E-state index in [2.05, 4.69) is 20.4 Å². The van der Waals surface area contributed by atoms with Crippen LogP contribution in [0.2, 0.25) is 0 Å². The van der Waals surface area contributed by atoms with Crippen molar-refractivity contribution in [2.24, 2.45) is 0 Å². The molecule has 3 heterocycles. The number of nitrogens with zero attached hydrogens (tertiary/aromatic N) is 4. The molecule has 1 aromatic carbocycles. The highest BCUT2D eigenvalue weighted by atomic mass is 19.1. The number of oxazole rings is 1. The molecular weight excluding hydrogens is 297 g/mol. The lowest BCUT2D eigenvalue weighted by molar-refractivity contribution is 0.617. The van der Waals surface area contributed by atoms with Gasteiger partial charge in [-0.2, -0.15) is 10.1 Å². The van der Waals surface area contributed by atoms with Gasteiger partial charge in [0.05, 0.1) is 17.6 Å². The van der Waals surface area contributed by atoms with E-state index in [4.69, 9.17) is 4.42 Å². The molecule has 0 aliphatic heterocycles. The predicted octanol–water partition coefficient (Wildman–Crippen LogP) is 3.34. The highest BCUT2D eigenvalue weighted by Crippen LogP contribution is 2.28. The van der Waals surface area contributed by atoms with E-state index in [1.165, 1.54) is 6.07 Å². The lowest BCUT2D eigenvalue weighted by Crippen LogP contribution is -1.96. The van der Waals surface area contributed by atoms with Gasteiger partial charge in [-0.05, 0) is 37.6 Å². The number of imidazole rings is 1. The SMILES string of the molecule is CNc1nc2c(F)cc(-c3cc(C)c4nc(C)cn4n3)cc2o1. The molecular formula is C16H14FN5O. The maximum Gasteiger partial charge on any atom is 0.295 e. The number of hydrogen-bond donors (Lipinski definition) is 1. The van der Waals surface area contributed by atoms with Crippen molar-refractivity contribution < 1.29 is 8.81 Å². The molecule has 0 saturated heterocycles. The third-order valence-electron chi connectivity index (χ3n) is 3.69. The van der Waals surface area contributed by atoms with Crippen LogP contribution >= 0.6 is 0 Å². The summed E-state index contributed by atoms with van der Waals surface area (Å²) in [6.45, 7) is 3.86. The molecule has 0 aliphatic rings. The lowest BCUT2D eigenvalue weighted by atomic mass is 10.1. The third kappa shape index (κ3) is 2.12. The third-order valence-corrected chi connectivity index (χ3v) is 3.69. The first-order valence-corrected chi connectivity index (χ1v) is 7.17. The molecule has 3 aromatic heterocycles. The lowest BCUT2D eigenvalue weighted by Gasteiger charge is -2.04. The van der Waals surface area contributed by atoms with Crippen molar-refractivity contribution in [2.45, 2.75) is 13.8 Å². The molecule has 116 valence electrons. The van der Waals surface area contributed by atoms with Crippen molar-refractivity contribution >= 4 is 22.8 Å². The minimum absolute atomic E-state index is 0.203. The Morgan fingerprint density at radius 1 is 1.17 bits per heavy atom. The van der Waals surface area contributed by atoms with Crippen molar-refractivity contribution in [3.63, 3.8) is 0 Å². The Kier molecular flexibility index (Phi) is 2.84. The molecule has 1 N–H and O–H groups in total. The molecule has 0 unspecified atom stereocenters. The van der Waals surface area contributed by atoms with Gasteiger partial charge < -0.3 is 9.73 Å². The largest absolute Gasteiger partial charge is 0.423 e. The van der Waals surface area contributed by atoms with Gasteiger partial charge in [-0.15, -0.1) is 0 Å². The maximum atomic E-state index is 14.3. The van der Waals surface area contributed by atoms with E-state index in [1.807, 2.05) is 26.1 Å². The van der Waals surface area contributed by atoms with E-state index in [9.17, 15) is 4.39 Å². The van der Waals surface area contributed by atoms with Gasteiger partial charge in [0, 0.05) is 12.6 Å². The number of nitrogens with one attached hydrogen (secondary N) is 1. The maximum absolute atomic E-state index is 14.3. The number of hydrogen-bond acceptors (Lipinski definition) is 5. The summed E-state index contributed by atoms with van der Waals surface area (Å²) in [4.78, 5) is 8.47. The zero-order chi connectivity index (χ0) is 16.1. The van der Waals surface area contributed by atoms with E-state index in [1.54, 1.807) is 17.6 Å². The van der Waals surface area contributed by atoms with Crippen LogP contribution in [-0.2, 0) is 0 Å². The quantitative estimate of drug-likeness (QED) is 0.615. The van der Waals surface area contributed by atoms with Crippen LogP contribution in [0.3, 0.4) is 0 Å². The fourth-order valence-electron chi connectivity index (χ4n) is 2.63. The molecule has 23 heavy (non-hydrogen) atoms. The van der Waals surface area contributed by atoms with Gasteiger partial charge in [0.25, 0.3) is 6.01 Å². The van der Waals surface area contributed by atoms with Gasteiger partial charge in [-0.1, -0.05) is 0 Å². The smallest absolute Gasteiger partial charge is 0.295 e. The average molecular weight is 311 g/mol. The van der Waals surface area contributed by atoms with E-state index in [-0.39, 0.29) is 11.5 Å². The molecule has 0 fully saturated rings. The van der Waals surface area contributed by atoms with Crippen LogP contribution in [0.15, 0.2) is 28.8 Å². The van der Waals surface area contributed by atoms with Gasteiger partial charge in [0.1, 0.15) is 5.52 Å². The number of aromatic nitrogens is 4. The molecule has 6 nitrogen and oxygen atoms in total. The monoisotopic (exact) mass is 311 g/mol. The number of halogens is 1. The van der Waals surface area contributed by atoms with E-state index in [0.717, 1.165) is 16.9 Å². The van der Waals surface area contributed by atoms with Crippen LogP contribution < -0.4 is 5.32 Å². The molecule has 0 amide bonds. The highest BCUT2D eigenvalue weighted by Gasteiger charge is 2.14. The standard InChI is InChI=1S/C16H14FN5O/c1-8-4-12(21-22-7-9(2)19-15(8)22)10-5-11(17)14-13(6-10)23-16(18-3)20-14/h4-7H,1-3H3,(H,18,20). The summed E-state index contributed by atoms with van der Waals surface area (Å²) in [7, 11) is 1.67. The summed E-state index contributed by atoms with van der Waals surface area (Å²) in [6.07, 6.45) is 1.84. The van der Waals surface area contributed by atoms with Gasteiger partial charge in [-0.3, -0.25) is 0 Å². The van der Waals surface area contributed by atoms with Gasteiger partial charge in [0.15, 0.2) is 17.0 Å². The molecule has 7 heteroatoms. The first-order valence-electron chi connectivity index (χ1n) is 7.17. The summed E-state index contributed by atoms with van der Waals surface area (Å²) in [5, 5.41) is 7.28. The molecule has 0 saturated carbocycles. The Balaban J connectivity index is 1.94. The van der Waals surface area contributed by atoms with Crippen LogP contribution in [0.25, 0.3) is 28.0 Å². The van der Waals surface area contributed by atoms with E-state index >= 15 is 0 Å². The van der Waals surface area contributed by atoms with Crippen molar-refractivity contribution in [1.29, 1.82) is 0 Å². The summed E-state index contributed by atoms with van der Waals surface area (Å²) in [5.41, 5.74) is 4.51. The fraction of sp³-hybridized carbons (Fsp3) is 0.188. The highest BCUT2D eigenvalue weighted by molar-refractivity contribution is 5.81. The van der Waals surface area contributed by atoms with Gasteiger partial charge in [0.2, 0.25) is 0 Å². The first kappa shape index (κ1) is 13.7. The second-order valence-electron chi connectivity index (χ2n) is 5.44. The van der Waals surface area contributed by atoms with Gasteiger partial charge >= 0.3 is 0 Å². The Labute approximate surface area is 131 Å². The van der Waals surface area contributed by atoms with Crippen molar-refractivity contribution in [2.75, 3.05) is 12.4 Å². The Bertz CT molecular complexity index is 1050. The zero-order valence-corrected chi connectivity index (χ0v) is 12.9. The number of rotatable bonds is 2. The molecule has 0 aliphatic carbocycles. The summed E-state index contributed by atoms with van der Waals surface area (Å²) in [5.74, 6) is -0.441. The summed E-state index contributed by atoms with van der Waals surface area (Å²) >= 11 is 0. The molecule has 4 rings (SSSR count). The number of aryl methyl sites for hydroxylation is 2. The first-order chi connectivity index (χ1) is 11.0. The molecule has 0 atom stereocenters. The summed E-state index contributed by atoms with van der Waals surface area (Å²) in [6, 6.07) is 5.32. The van der Waals surface area contributed by atoms with Crippen LogP contribution in [0.5, 0.6) is 0 Å². The minimum Gasteiger partial charge on any atom is -0.423 e. The van der Waals surface area contributed by atoms with Crippen molar-refractivity contribution in [1.82, 2.24) is 19.6 Å². The predicted molar refractivity (Wildman–Crippen MR) is 85.0 cm³/mol.